The van der Waals surface area contributed by atoms with Crippen LogP contribution < -0.4 is 4.90 Å². The van der Waals surface area contributed by atoms with Gasteiger partial charge in [-0.25, -0.2) is 0 Å². The predicted octanol–water partition coefficient (Wildman–Crippen LogP) is 3.44. The van der Waals surface area contributed by atoms with Crippen LogP contribution in [0.1, 0.15) is 43.2 Å². The summed E-state index contributed by atoms with van der Waals surface area (Å²) in [6.45, 7) is 1.28. The molecule has 2 heteroatoms. The first kappa shape index (κ1) is 13.6. The fourth-order valence-electron chi connectivity index (χ4n) is 5.46. The largest absolute Gasteiger partial charge is 0.378 e. The molecule has 21 heavy (non-hydrogen) atoms. The molecular formula is C19H28N2. The van der Waals surface area contributed by atoms with E-state index in [9.17, 15) is 0 Å². The first-order valence-electron chi connectivity index (χ1n) is 8.63. The Hall–Kier alpha value is -1.02. The third-order valence-corrected chi connectivity index (χ3v) is 6.61. The van der Waals surface area contributed by atoms with Crippen LogP contribution in [0.4, 0.5) is 5.69 Å². The highest BCUT2D eigenvalue weighted by atomic mass is 15.2. The van der Waals surface area contributed by atoms with Crippen LogP contribution in [0.3, 0.4) is 0 Å². The summed E-state index contributed by atoms with van der Waals surface area (Å²) in [4.78, 5) is 4.91. The van der Waals surface area contributed by atoms with Crippen molar-refractivity contribution in [2.75, 3.05) is 32.6 Å². The molecule has 1 unspecified atom stereocenters. The summed E-state index contributed by atoms with van der Waals surface area (Å²) in [6.07, 6.45) is 8.38. The summed E-state index contributed by atoms with van der Waals surface area (Å²) in [5.41, 5.74) is 5.22. The number of likely N-dealkylation sites (tertiary alicyclic amines) is 1. The molecule has 1 saturated carbocycles. The van der Waals surface area contributed by atoms with Crippen LogP contribution in [0.15, 0.2) is 18.2 Å². The first-order valence-corrected chi connectivity index (χ1v) is 8.63. The van der Waals surface area contributed by atoms with Crippen molar-refractivity contribution in [3.63, 3.8) is 0 Å². The molecular weight excluding hydrogens is 256 g/mol. The number of anilines is 1. The van der Waals surface area contributed by atoms with Crippen LogP contribution in [0, 0.1) is 5.92 Å². The highest BCUT2D eigenvalue weighted by Gasteiger charge is 2.52. The first-order chi connectivity index (χ1) is 10.1. The summed E-state index contributed by atoms with van der Waals surface area (Å²) >= 11 is 0. The minimum absolute atomic E-state index is 0.495. The van der Waals surface area contributed by atoms with Crippen molar-refractivity contribution in [1.29, 1.82) is 0 Å². The molecule has 0 spiro atoms. The van der Waals surface area contributed by atoms with Gasteiger partial charge in [-0.3, -0.25) is 0 Å². The van der Waals surface area contributed by atoms with Crippen LogP contribution in [-0.4, -0.2) is 38.6 Å². The zero-order valence-corrected chi connectivity index (χ0v) is 13.7. The molecule has 2 bridgehead atoms. The number of rotatable bonds is 1. The molecule has 1 aromatic rings. The van der Waals surface area contributed by atoms with Crippen molar-refractivity contribution in [2.45, 2.75) is 50.0 Å². The quantitative estimate of drug-likeness (QED) is 0.779. The molecule has 114 valence electrons. The number of fused-ring (bicyclic) bond motifs is 1. The van der Waals surface area contributed by atoms with Gasteiger partial charge in [0.15, 0.2) is 0 Å². The van der Waals surface area contributed by atoms with Gasteiger partial charge in [-0.2, -0.15) is 0 Å². The maximum absolute atomic E-state index is 2.65. The lowest BCUT2D eigenvalue weighted by atomic mass is 9.52. The number of likely N-dealkylation sites (N-methyl/N-ethyl adjacent to an activating group) is 1. The molecule has 1 aromatic carbocycles. The van der Waals surface area contributed by atoms with Gasteiger partial charge in [-0.1, -0.05) is 18.9 Å². The van der Waals surface area contributed by atoms with Crippen molar-refractivity contribution in [1.82, 2.24) is 4.90 Å². The standard InChI is InChI=1S/C19H28N2/c1-20(2)15-8-7-14-12-18-16-6-4-5-9-19(16,17(14)13-15)10-11-21(18)3/h7-8,13,16,18H,4-6,9-12H2,1-3H3/t16?,18-,19-/m0/s1. The number of piperidine rings is 1. The zero-order valence-electron chi connectivity index (χ0n) is 13.7. The summed E-state index contributed by atoms with van der Waals surface area (Å²) in [5, 5.41) is 0. The fraction of sp³-hybridized carbons (Fsp3) is 0.684. The van der Waals surface area contributed by atoms with Crippen molar-refractivity contribution >= 4 is 5.69 Å². The molecule has 2 aliphatic carbocycles. The molecule has 1 heterocycles. The van der Waals surface area contributed by atoms with Gasteiger partial charge in [0.2, 0.25) is 0 Å². The van der Waals surface area contributed by atoms with Gasteiger partial charge in [0.25, 0.3) is 0 Å². The van der Waals surface area contributed by atoms with Gasteiger partial charge >= 0.3 is 0 Å². The molecule has 3 aliphatic rings. The van der Waals surface area contributed by atoms with Gasteiger partial charge < -0.3 is 9.80 Å². The number of hydrogen-bond acceptors (Lipinski definition) is 2. The maximum Gasteiger partial charge on any atom is 0.0364 e. The molecule has 0 aromatic heterocycles. The van der Waals surface area contributed by atoms with E-state index in [0.717, 1.165) is 12.0 Å². The van der Waals surface area contributed by atoms with Crippen molar-refractivity contribution in [2.24, 2.45) is 5.92 Å². The minimum Gasteiger partial charge on any atom is -0.378 e. The Labute approximate surface area is 129 Å². The minimum atomic E-state index is 0.495. The van der Waals surface area contributed by atoms with Gasteiger partial charge in [0.05, 0.1) is 0 Å². The average Bonchev–Trinajstić information content (AvgIpc) is 2.50. The molecule has 3 atom stereocenters. The lowest BCUT2D eigenvalue weighted by molar-refractivity contribution is 0.00289. The second-order valence-corrected chi connectivity index (χ2v) is 7.75. The van der Waals surface area contributed by atoms with E-state index in [-0.39, 0.29) is 0 Å². The van der Waals surface area contributed by atoms with E-state index in [1.807, 2.05) is 0 Å². The van der Waals surface area contributed by atoms with Gasteiger partial charge in [-0.15, -0.1) is 0 Å². The fourth-order valence-corrected chi connectivity index (χ4v) is 5.46. The molecule has 2 nitrogen and oxygen atoms in total. The monoisotopic (exact) mass is 284 g/mol. The topological polar surface area (TPSA) is 6.48 Å². The van der Waals surface area contributed by atoms with E-state index in [1.54, 1.807) is 11.1 Å². The van der Waals surface area contributed by atoms with Gasteiger partial charge in [0, 0.05) is 31.2 Å². The van der Waals surface area contributed by atoms with E-state index >= 15 is 0 Å². The molecule has 1 aliphatic heterocycles. The Morgan fingerprint density at radius 2 is 2.05 bits per heavy atom. The van der Waals surface area contributed by atoms with E-state index in [2.05, 4.69) is 49.1 Å². The maximum atomic E-state index is 2.65. The van der Waals surface area contributed by atoms with Crippen LogP contribution in [-0.2, 0) is 11.8 Å². The molecule has 2 fully saturated rings. The lowest BCUT2D eigenvalue weighted by Crippen LogP contribution is -2.59. The van der Waals surface area contributed by atoms with Gasteiger partial charge in [0.1, 0.15) is 0 Å². The van der Waals surface area contributed by atoms with E-state index in [1.165, 1.54) is 50.8 Å². The van der Waals surface area contributed by atoms with Crippen molar-refractivity contribution in [3.8, 4) is 0 Å². The summed E-state index contributed by atoms with van der Waals surface area (Å²) in [5.74, 6) is 0.898. The summed E-state index contributed by atoms with van der Waals surface area (Å²) in [7, 11) is 6.68. The van der Waals surface area contributed by atoms with E-state index < -0.39 is 0 Å². The Morgan fingerprint density at radius 1 is 1.19 bits per heavy atom. The summed E-state index contributed by atoms with van der Waals surface area (Å²) in [6, 6.07) is 8.05. The SMILES string of the molecule is CN(C)c1ccc2c(c1)[C@]13CCCCC1[C@H](C2)N(C)CC3. The van der Waals surface area contributed by atoms with Crippen LogP contribution in [0.2, 0.25) is 0 Å². The third-order valence-electron chi connectivity index (χ3n) is 6.61. The van der Waals surface area contributed by atoms with E-state index in [0.29, 0.717) is 5.41 Å². The highest BCUT2D eigenvalue weighted by molar-refractivity contribution is 5.54. The van der Waals surface area contributed by atoms with E-state index in [4.69, 9.17) is 0 Å². The highest BCUT2D eigenvalue weighted by Crippen LogP contribution is 2.55. The normalized spacial score (nSPS) is 35.0. The van der Waals surface area contributed by atoms with Crippen molar-refractivity contribution in [3.05, 3.63) is 29.3 Å². The Kier molecular flexibility index (Phi) is 3.08. The summed E-state index contributed by atoms with van der Waals surface area (Å²) < 4.78 is 0. The Morgan fingerprint density at radius 3 is 2.86 bits per heavy atom. The van der Waals surface area contributed by atoms with Crippen LogP contribution in [0.5, 0.6) is 0 Å². The van der Waals surface area contributed by atoms with Gasteiger partial charge in [-0.05, 0) is 68.5 Å². The third kappa shape index (κ3) is 1.88. The Balaban J connectivity index is 1.87. The smallest absolute Gasteiger partial charge is 0.0364 e. The molecule has 0 N–H and O–H groups in total. The zero-order chi connectivity index (χ0) is 14.6. The lowest BCUT2D eigenvalue weighted by Gasteiger charge is -2.58. The van der Waals surface area contributed by atoms with Crippen LogP contribution >= 0.6 is 0 Å². The predicted molar refractivity (Wildman–Crippen MR) is 89.1 cm³/mol. The second-order valence-electron chi connectivity index (χ2n) is 7.75. The number of nitrogens with zero attached hydrogens (tertiary/aromatic N) is 2. The second kappa shape index (κ2) is 4.74. The van der Waals surface area contributed by atoms with Crippen LogP contribution in [0.25, 0.3) is 0 Å². The number of hydrogen-bond donors (Lipinski definition) is 0. The number of benzene rings is 1. The molecule has 4 rings (SSSR count). The molecule has 0 amide bonds. The average molecular weight is 284 g/mol. The molecule has 1 saturated heterocycles. The molecule has 0 radical (unpaired) electrons. The Bertz CT molecular complexity index is 550. The van der Waals surface area contributed by atoms with Crippen molar-refractivity contribution < 1.29 is 0 Å².